The molecule has 162 valence electrons. The summed E-state index contributed by atoms with van der Waals surface area (Å²) in [5.74, 6) is 3.20. The van der Waals surface area contributed by atoms with E-state index in [0.717, 1.165) is 42.6 Å². The molecule has 30 heavy (non-hydrogen) atoms. The number of aromatic nitrogens is 6. The molecule has 0 aliphatic carbocycles. The first-order valence-electron chi connectivity index (χ1n) is 10.6. The third kappa shape index (κ3) is 5.43. The molecule has 0 amide bonds. The lowest BCUT2D eigenvalue weighted by Crippen LogP contribution is -2.15. The van der Waals surface area contributed by atoms with Gasteiger partial charge in [-0.1, -0.05) is 27.7 Å². The van der Waals surface area contributed by atoms with Crippen LogP contribution in [0.1, 0.15) is 70.7 Å². The number of methoxy groups -OCH3 is 1. The van der Waals surface area contributed by atoms with Crippen LogP contribution in [0.3, 0.4) is 0 Å². The van der Waals surface area contributed by atoms with E-state index in [2.05, 4.69) is 59.4 Å². The number of ether oxygens (including phenoxy) is 1. The van der Waals surface area contributed by atoms with Crippen molar-refractivity contribution in [1.29, 1.82) is 0 Å². The minimum atomic E-state index is 0.0665. The normalized spacial score (nSPS) is 12.0. The third-order valence-corrected chi connectivity index (χ3v) is 5.18. The monoisotopic (exact) mass is 412 g/mol. The summed E-state index contributed by atoms with van der Waals surface area (Å²) in [6, 6.07) is 6.06. The fraction of sp³-hybridized carbons (Fsp3) is 0.591. The molecule has 3 rings (SSSR count). The van der Waals surface area contributed by atoms with Crippen LogP contribution in [0, 0.1) is 5.41 Å². The zero-order chi connectivity index (χ0) is 21.7. The summed E-state index contributed by atoms with van der Waals surface area (Å²) in [4.78, 5) is 1.59. The molecule has 0 spiro atoms. The Morgan fingerprint density at radius 2 is 1.97 bits per heavy atom. The number of rotatable bonds is 10. The second-order valence-corrected chi connectivity index (χ2v) is 8.71. The number of nitrogens with zero attached hydrogens (tertiary/aromatic N) is 6. The standard InChI is InChI=1S/C22H32N6O2/c1-7-28-26-20(24-27-28)17-10-11-18(29-6)16(13-17)9-8-12-22(4,5)14-19-23-25-21(30-19)15(2)3/h10-11,13,15H,7-9,12,14H2,1-6H3. The molecule has 0 bridgehead atoms. The van der Waals surface area contributed by atoms with Gasteiger partial charge >= 0.3 is 0 Å². The van der Waals surface area contributed by atoms with Gasteiger partial charge < -0.3 is 9.15 Å². The largest absolute Gasteiger partial charge is 0.496 e. The van der Waals surface area contributed by atoms with Gasteiger partial charge in [0.25, 0.3) is 0 Å². The first-order valence-corrected chi connectivity index (χ1v) is 10.6. The van der Waals surface area contributed by atoms with E-state index in [1.807, 2.05) is 19.1 Å². The zero-order valence-corrected chi connectivity index (χ0v) is 18.8. The Kier molecular flexibility index (Phi) is 6.84. The lowest BCUT2D eigenvalue weighted by Gasteiger charge is -2.22. The van der Waals surface area contributed by atoms with Crippen LogP contribution in [-0.4, -0.2) is 37.5 Å². The van der Waals surface area contributed by atoms with Crippen LogP contribution in [0.5, 0.6) is 5.75 Å². The molecule has 0 unspecified atom stereocenters. The molecule has 0 aliphatic rings. The summed E-state index contributed by atoms with van der Waals surface area (Å²) in [5, 5.41) is 21.0. The van der Waals surface area contributed by atoms with Crippen molar-refractivity contribution in [1.82, 2.24) is 30.4 Å². The average molecular weight is 413 g/mol. The average Bonchev–Trinajstić information content (AvgIpc) is 3.37. The number of hydrogen-bond donors (Lipinski definition) is 0. The Morgan fingerprint density at radius 1 is 1.17 bits per heavy atom. The highest BCUT2D eigenvalue weighted by atomic mass is 16.5. The highest BCUT2D eigenvalue weighted by Crippen LogP contribution is 2.31. The molecule has 1 aromatic carbocycles. The molecule has 0 N–H and O–H groups in total. The fourth-order valence-electron chi connectivity index (χ4n) is 3.43. The maximum atomic E-state index is 5.79. The summed E-state index contributed by atoms with van der Waals surface area (Å²) in [5.41, 5.74) is 2.17. The van der Waals surface area contributed by atoms with Gasteiger partial charge in [0.05, 0.1) is 13.7 Å². The van der Waals surface area contributed by atoms with Crippen molar-refractivity contribution < 1.29 is 9.15 Å². The lowest BCUT2D eigenvalue weighted by molar-refractivity contribution is 0.285. The summed E-state index contributed by atoms with van der Waals surface area (Å²) in [6.07, 6.45) is 3.73. The summed E-state index contributed by atoms with van der Waals surface area (Å²) in [6.45, 7) is 11.3. The number of benzene rings is 1. The Morgan fingerprint density at radius 3 is 2.60 bits per heavy atom. The minimum absolute atomic E-state index is 0.0665. The van der Waals surface area contributed by atoms with Crippen LogP contribution in [0.4, 0.5) is 0 Å². The Balaban J connectivity index is 1.64. The molecule has 3 aromatic rings. The third-order valence-electron chi connectivity index (χ3n) is 5.18. The Hall–Kier alpha value is -2.77. The highest BCUT2D eigenvalue weighted by molar-refractivity contribution is 5.58. The van der Waals surface area contributed by atoms with E-state index in [9.17, 15) is 0 Å². The van der Waals surface area contributed by atoms with E-state index >= 15 is 0 Å². The van der Waals surface area contributed by atoms with E-state index < -0.39 is 0 Å². The first kappa shape index (κ1) is 21.9. The van der Waals surface area contributed by atoms with Gasteiger partial charge in [0.1, 0.15) is 5.75 Å². The molecule has 0 aliphatic heterocycles. The van der Waals surface area contributed by atoms with Gasteiger partial charge in [-0.05, 0) is 60.6 Å². The number of hydrogen-bond acceptors (Lipinski definition) is 7. The Labute approximate surface area is 178 Å². The second kappa shape index (κ2) is 9.36. The van der Waals surface area contributed by atoms with Crippen molar-refractivity contribution in [3.8, 4) is 17.1 Å². The predicted octanol–water partition coefficient (Wildman–Crippen LogP) is 4.47. The minimum Gasteiger partial charge on any atom is -0.496 e. The van der Waals surface area contributed by atoms with Crippen molar-refractivity contribution >= 4 is 0 Å². The number of tetrazole rings is 1. The summed E-state index contributed by atoms with van der Waals surface area (Å²) in [7, 11) is 1.70. The van der Waals surface area contributed by atoms with Gasteiger partial charge in [-0.25, -0.2) is 0 Å². The summed E-state index contributed by atoms with van der Waals surface area (Å²) >= 11 is 0. The highest BCUT2D eigenvalue weighted by Gasteiger charge is 2.23. The van der Waals surface area contributed by atoms with E-state index in [1.54, 1.807) is 11.9 Å². The molecule has 0 fully saturated rings. The van der Waals surface area contributed by atoms with Crippen molar-refractivity contribution in [2.45, 2.75) is 72.8 Å². The van der Waals surface area contributed by atoms with Crippen LogP contribution in [-0.2, 0) is 19.4 Å². The topological polar surface area (TPSA) is 91.8 Å². The van der Waals surface area contributed by atoms with Gasteiger partial charge in [-0.15, -0.1) is 20.4 Å². The van der Waals surface area contributed by atoms with Gasteiger partial charge in [-0.3, -0.25) is 0 Å². The van der Waals surface area contributed by atoms with Crippen LogP contribution < -0.4 is 4.74 Å². The number of aryl methyl sites for hydroxylation is 2. The molecule has 2 heterocycles. The van der Waals surface area contributed by atoms with Gasteiger partial charge in [-0.2, -0.15) is 4.80 Å². The van der Waals surface area contributed by atoms with E-state index in [-0.39, 0.29) is 11.3 Å². The van der Waals surface area contributed by atoms with Crippen LogP contribution in [0.15, 0.2) is 22.6 Å². The quantitative estimate of drug-likeness (QED) is 0.485. The molecule has 8 heteroatoms. The molecular weight excluding hydrogens is 380 g/mol. The SMILES string of the molecule is CCn1nnc(-c2ccc(OC)c(CCCC(C)(C)Cc3nnc(C(C)C)o3)c2)n1. The van der Waals surface area contributed by atoms with Crippen molar-refractivity contribution in [2.75, 3.05) is 7.11 Å². The van der Waals surface area contributed by atoms with Gasteiger partial charge in [0, 0.05) is 17.9 Å². The molecule has 0 atom stereocenters. The van der Waals surface area contributed by atoms with Gasteiger partial charge in [0.2, 0.25) is 17.6 Å². The predicted molar refractivity (Wildman–Crippen MR) is 114 cm³/mol. The summed E-state index contributed by atoms with van der Waals surface area (Å²) < 4.78 is 11.4. The first-order chi connectivity index (χ1) is 14.3. The molecule has 8 nitrogen and oxygen atoms in total. The van der Waals surface area contributed by atoms with Crippen molar-refractivity contribution in [3.05, 3.63) is 35.5 Å². The van der Waals surface area contributed by atoms with Crippen molar-refractivity contribution in [2.24, 2.45) is 5.41 Å². The van der Waals surface area contributed by atoms with Crippen LogP contribution in [0.2, 0.25) is 0 Å². The maximum absolute atomic E-state index is 5.79. The fourth-order valence-corrected chi connectivity index (χ4v) is 3.43. The Bertz CT molecular complexity index is 960. The van der Waals surface area contributed by atoms with E-state index in [0.29, 0.717) is 24.2 Å². The van der Waals surface area contributed by atoms with Gasteiger partial charge in [0.15, 0.2) is 0 Å². The smallest absolute Gasteiger partial charge is 0.219 e. The molecule has 2 aromatic heterocycles. The second-order valence-electron chi connectivity index (χ2n) is 8.71. The van der Waals surface area contributed by atoms with Crippen LogP contribution in [0.25, 0.3) is 11.4 Å². The van der Waals surface area contributed by atoms with Crippen molar-refractivity contribution in [3.63, 3.8) is 0 Å². The molecular formula is C22H32N6O2. The lowest BCUT2D eigenvalue weighted by atomic mass is 9.83. The molecule has 0 saturated heterocycles. The molecule has 0 saturated carbocycles. The zero-order valence-electron chi connectivity index (χ0n) is 18.8. The van der Waals surface area contributed by atoms with Crippen LogP contribution >= 0.6 is 0 Å². The molecule has 0 radical (unpaired) electrons. The maximum Gasteiger partial charge on any atom is 0.219 e. The van der Waals surface area contributed by atoms with E-state index in [4.69, 9.17) is 9.15 Å². The van der Waals surface area contributed by atoms with E-state index in [1.165, 1.54) is 0 Å².